The summed E-state index contributed by atoms with van der Waals surface area (Å²) in [5.74, 6) is 1.22. The first-order chi connectivity index (χ1) is 14.8. The number of hydrogen-bond acceptors (Lipinski definition) is 5. The Kier molecular flexibility index (Phi) is 6.81. The van der Waals surface area contributed by atoms with Crippen LogP contribution in [-0.4, -0.2) is 39.2 Å². The normalized spacial score (nSPS) is 11.2. The van der Waals surface area contributed by atoms with Crippen LogP contribution in [0.3, 0.4) is 0 Å². The Hall–Kier alpha value is -3.52. The largest absolute Gasteiger partial charge is 0.508 e. The van der Waals surface area contributed by atoms with Crippen molar-refractivity contribution in [1.29, 1.82) is 0 Å². The molecule has 0 spiro atoms. The summed E-state index contributed by atoms with van der Waals surface area (Å²) in [4.78, 5) is 12.6. The van der Waals surface area contributed by atoms with Crippen molar-refractivity contribution in [2.75, 3.05) is 18.5 Å². The zero-order valence-corrected chi connectivity index (χ0v) is 17.9. The molecule has 0 fully saturated rings. The standard InChI is InChI=1S/C23H28N4O4/c1-23(2,3)20-14-21(25-22(30)24-15-16-7-4-5-10-19(16)29)27(26-20)17-8-6-9-18(13-17)31-12-11-28/h4-10,13-14,28-29H,11-12,15H2,1-3H3,(H2,24,25,30). The molecule has 31 heavy (non-hydrogen) atoms. The van der Waals surface area contributed by atoms with Crippen LogP contribution >= 0.6 is 0 Å². The second kappa shape index (κ2) is 9.53. The van der Waals surface area contributed by atoms with Gasteiger partial charge in [-0.15, -0.1) is 0 Å². The summed E-state index contributed by atoms with van der Waals surface area (Å²) >= 11 is 0. The summed E-state index contributed by atoms with van der Waals surface area (Å²) in [5, 5.41) is 29.1. The number of aromatic nitrogens is 2. The van der Waals surface area contributed by atoms with E-state index in [2.05, 4.69) is 15.7 Å². The molecule has 8 nitrogen and oxygen atoms in total. The lowest BCUT2D eigenvalue weighted by atomic mass is 9.92. The molecule has 3 rings (SSSR count). The Balaban J connectivity index is 1.83. The van der Waals surface area contributed by atoms with Gasteiger partial charge in [-0.3, -0.25) is 5.32 Å². The molecule has 0 saturated heterocycles. The van der Waals surface area contributed by atoms with Gasteiger partial charge in [-0.2, -0.15) is 5.10 Å². The second-order valence-corrected chi connectivity index (χ2v) is 8.08. The van der Waals surface area contributed by atoms with Crippen LogP contribution in [-0.2, 0) is 12.0 Å². The van der Waals surface area contributed by atoms with Crippen molar-refractivity contribution in [2.24, 2.45) is 0 Å². The third kappa shape index (κ3) is 5.76. The number of hydrogen-bond donors (Lipinski definition) is 4. The number of phenolic OH excluding ortho intramolecular Hbond substituents is 1. The Bertz CT molecular complexity index is 1040. The first-order valence-corrected chi connectivity index (χ1v) is 10.0. The van der Waals surface area contributed by atoms with Gasteiger partial charge in [0.2, 0.25) is 0 Å². The average Bonchev–Trinajstić information content (AvgIpc) is 3.16. The number of rotatable bonds is 7. The van der Waals surface area contributed by atoms with Crippen LogP contribution in [0.5, 0.6) is 11.5 Å². The molecule has 0 aliphatic heterocycles. The molecule has 0 unspecified atom stereocenters. The third-order valence-electron chi connectivity index (χ3n) is 4.57. The number of aliphatic hydroxyl groups excluding tert-OH is 1. The number of carbonyl (C=O) groups is 1. The number of urea groups is 1. The van der Waals surface area contributed by atoms with Crippen molar-refractivity contribution in [1.82, 2.24) is 15.1 Å². The number of ether oxygens (including phenoxy) is 1. The van der Waals surface area contributed by atoms with Crippen LogP contribution in [0.15, 0.2) is 54.6 Å². The molecular weight excluding hydrogens is 396 g/mol. The van der Waals surface area contributed by atoms with Gasteiger partial charge < -0.3 is 20.3 Å². The average molecular weight is 425 g/mol. The summed E-state index contributed by atoms with van der Waals surface area (Å²) in [6, 6.07) is 15.5. The minimum Gasteiger partial charge on any atom is -0.508 e. The SMILES string of the molecule is CC(C)(C)c1cc(NC(=O)NCc2ccccc2O)n(-c2cccc(OCCO)c2)n1. The van der Waals surface area contributed by atoms with E-state index in [0.29, 0.717) is 22.8 Å². The second-order valence-electron chi connectivity index (χ2n) is 8.08. The van der Waals surface area contributed by atoms with E-state index in [1.807, 2.05) is 39.0 Å². The van der Waals surface area contributed by atoms with E-state index in [1.54, 1.807) is 41.1 Å². The molecular formula is C23H28N4O4. The van der Waals surface area contributed by atoms with Gasteiger partial charge in [-0.05, 0) is 18.2 Å². The molecule has 0 aliphatic rings. The number of nitrogens with one attached hydrogen (secondary N) is 2. The number of anilines is 1. The Morgan fingerprint density at radius 1 is 1.13 bits per heavy atom. The highest BCUT2D eigenvalue weighted by Crippen LogP contribution is 2.27. The van der Waals surface area contributed by atoms with Crippen LogP contribution in [0.1, 0.15) is 32.0 Å². The van der Waals surface area contributed by atoms with E-state index >= 15 is 0 Å². The minimum absolute atomic E-state index is 0.0793. The van der Waals surface area contributed by atoms with Gasteiger partial charge in [-0.25, -0.2) is 9.48 Å². The number of aliphatic hydroxyl groups is 1. The molecule has 0 atom stereocenters. The van der Waals surface area contributed by atoms with E-state index in [-0.39, 0.29) is 30.9 Å². The van der Waals surface area contributed by atoms with Gasteiger partial charge in [0.1, 0.15) is 23.9 Å². The van der Waals surface area contributed by atoms with Crippen LogP contribution in [0, 0.1) is 0 Å². The topological polar surface area (TPSA) is 109 Å². The summed E-state index contributed by atoms with van der Waals surface area (Å²) < 4.78 is 7.14. The summed E-state index contributed by atoms with van der Waals surface area (Å²) in [6.45, 7) is 6.43. The predicted octanol–water partition coefficient (Wildman–Crippen LogP) is 3.57. The predicted molar refractivity (Wildman–Crippen MR) is 119 cm³/mol. The van der Waals surface area contributed by atoms with E-state index in [0.717, 1.165) is 5.69 Å². The highest BCUT2D eigenvalue weighted by atomic mass is 16.5. The lowest BCUT2D eigenvalue weighted by Gasteiger charge is -2.14. The molecule has 0 aliphatic carbocycles. The zero-order chi connectivity index (χ0) is 22.4. The van der Waals surface area contributed by atoms with Gasteiger partial charge in [-0.1, -0.05) is 45.0 Å². The van der Waals surface area contributed by atoms with Crippen molar-refractivity contribution in [2.45, 2.75) is 32.7 Å². The van der Waals surface area contributed by atoms with Gasteiger partial charge in [0.15, 0.2) is 0 Å². The highest BCUT2D eigenvalue weighted by Gasteiger charge is 2.21. The fraction of sp³-hybridized carbons (Fsp3) is 0.304. The molecule has 3 aromatic rings. The van der Waals surface area contributed by atoms with Gasteiger partial charge in [0.05, 0.1) is 18.0 Å². The molecule has 2 amide bonds. The fourth-order valence-corrected chi connectivity index (χ4v) is 2.90. The van der Waals surface area contributed by atoms with E-state index in [4.69, 9.17) is 9.84 Å². The van der Waals surface area contributed by atoms with E-state index in [1.165, 1.54) is 0 Å². The van der Waals surface area contributed by atoms with Gasteiger partial charge >= 0.3 is 6.03 Å². The molecule has 0 saturated carbocycles. The first kappa shape index (κ1) is 22.2. The molecule has 1 heterocycles. The smallest absolute Gasteiger partial charge is 0.320 e. The quantitative estimate of drug-likeness (QED) is 0.464. The maximum Gasteiger partial charge on any atom is 0.320 e. The number of para-hydroxylation sites is 1. The molecule has 164 valence electrons. The summed E-state index contributed by atoms with van der Waals surface area (Å²) in [6.07, 6.45) is 0. The molecule has 1 aromatic heterocycles. The minimum atomic E-state index is -0.419. The van der Waals surface area contributed by atoms with Crippen molar-refractivity contribution in [3.8, 4) is 17.2 Å². The number of aromatic hydroxyl groups is 1. The lowest BCUT2D eigenvalue weighted by molar-refractivity contribution is 0.201. The Morgan fingerprint density at radius 3 is 2.61 bits per heavy atom. The van der Waals surface area contributed by atoms with Gasteiger partial charge in [0.25, 0.3) is 0 Å². The van der Waals surface area contributed by atoms with Crippen molar-refractivity contribution in [3.05, 3.63) is 65.9 Å². The molecule has 0 radical (unpaired) electrons. The fourth-order valence-electron chi connectivity index (χ4n) is 2.90. The highest BCUT2D eigenvalue weighted by molar-refractivity contribution is 5.88. The van der Waals surface area contributed by atoms with Crippen LogP contribution in [0.2, 0.25) is 0 Å². The Morgan fingerprint density at radius 2 is 1.90 bits per heavy atom. The van der Waals surface area contributed by atoms with Crippen LogP contribution in [0.4, 0.5) is 10.6 Å². The zero-order valence-electron chi connectivity index (χ0n) is 17.9. The maximum atomic E-state index is 12.6. The number of phenols is 1. The van der Waals surface area contributed by atoms with Gasteiger partial charge in [0, 0.05) is 29.7 Å². The Labute approximate surface area is 181 Å². The van der Waals surface area contributed by atoms with Crippen LogP contribution < -0.4 is 15.4 Å². The first-order valence-electron chi connectivity index (χ1n) is 10.0. The number of nitrogens with zero attached hydrogens (tertiary/aromatic N) is 2. The van der Waals surface area contributed by atoms with E-state index in [9.17, 15) is 9.90 Å². The van der Waals surface area contributed by atoms with Crippen molar-refractivity contribution in [3.63, 3.8) is 0 Å². The number of amides is 2. The lowest BCUT2D eigenvalue weighted by Crippen LogP contribution is -2.29. The summed E-state index contributed by atoms with van der Waals surface area (Å²) in [5.41, 5.74) is 1.92. The number of benzene rings is 2. The molecule has 4 N–H and O–H groups in total. The van der Waals surface area contributed by atoms with E-state index < -0.39 is 6.03 Å². The van der Waals surface area contributed by atoms with Crippen molar-refractivity contribution >= 4 is 11.8 Å². The third-order valence-corrected chi connectivity index (χ3v) is 4.57. The molecule has 8 heteroatoms. The maximum absolute atomic E-state index is 12.6. The summed E-state index contributed by atoms with van der Waals surface area (Å²) in [7, 11) is 0. The van der Waals surface area contributed by atoms with Crippen molar-refractivity contribution < 1.29 is 19.7 Å². The molecule has 0 bridgehead atoms. The monoisotopic (exact) mass is 424 g/mol. The number of carbonyl (C=O) groups excluding carboxylic acids is 1. The van der Waals surface area contributed by atoms with Crippen LogP contribution in [0.25, 0.3) is 5.69 Å². The molecule has 2 aromatic carbocycles.